The number of carbonyl (C=O) groups excluding carboxylic acids is 3. The van der Waals surface area contributed by atoms with Crippen molar-refractivity contribution in [2.45, 2.75) is 297 Å². The normalized spacial score (nSPS) is 13.1. The predicted molar refractivity (Wildman–Crippen MR) is 362 cm³/mol. The Balaban J connectivity index is 4.34. The lowest BCUT2D eigenvalue weighted by molar-refractivity contribution is -0.167. The second-order valence-electron chi connectivity index (χ2n) is 22.0. The SMILES string of the molecule is CC/C=C\C/C=C\C/C=C\C/C=C\C/C=C\C/C=C\C/C=C\CCCCCCCCCCCC(=O)OCC(COC(=O)CCCCCCCCCCCCC)OC(=O)CCCCCC/C=C\C/C=C\C/C=C\C/C=C\C/C=C\C/C=C\CC. The van der Waals surface area contributed by atoms with E-state index in [0.29, 0.717) is 19.3 Å². The molecule has 1 unspecified atom stereocenters. The second kappa shape index (κ2) is 69.5. The number of unbranched alkanes of at least 4 members (excludes halogenated alkanes) is 23. The minimum atomic E-state index is -0.801. The maximum atomic E-state index is 12.9. The molecule has 6 heteroatoms. The molecule has 6 nitrogen and oxygen atoms in total. The molecule has 0 heterocycles. The van der Waals surface area contributed by atoms with Crippen LogP contribution < -0.4 is 0 Å². The summed E-state index contributed by atoms with van der Waals surface area (Å²) in [6.45, 7) is 6.38. The smallest absolute Gasteiger partial charge is 0.306 e. The molecule has 0 bridgehead atoms. The van der Waals surface area contributed by atoms with E-state index in [1.165, 1.54) is 89.9 Å². The first-order chi connectivity index (χ1) is 41.0. The summed E-state index contributed by atoms with van der Waals surface area (Å²) in [5.74, 6) is -0.925. The molecule has 0 aromatic rings. The number of carbonyl (C=O) groups is 3. The van der Waals surface area contributed by atoms with Crippen molar-refractivity contribution in [3.05, 3.63) is 158 Å². The van der Waals surface area contributed by atoms with Gasteiger partial charge in [-0.05, 0) is 128 Å². The zero-order valence-corrected chi connectivity index (χ0v) is 53.7. The molecule has 0 amide bonds. The van der Waals surface area contributed by atoms with Crippen LogP contribution in [0.3, 0.4) is 0 Å². The molecule has 0 N–H and O–H groups in total. The molecule has 83 heavy (non-hydrogen) atoms. The molecule has 1 atom stereocenters. The molecule has 0 fully saturated rings. The van der Waals surface area contributed by atoms with Crippen molar-refractivity contribution in [1.29, 1.82) is 0 Å². The quantitative estimate of drug-likeness (QED) is 0.0261. The summed E-state index contributed by atoms with van der Waals surface area (Å²) in [5, 5.41) is 0. The fourth-order valence-corrected chi connectivity index (χ4v) is 9.01. The van der Waals surface area contributed by atoms with Crippen molar-refractivity contribution in [2.24, 2.45) is 0 Å². The van der Waals surface area contributed by atoms with Gasteiger partial charge >= 0.3 is 17.9 Å². The third-order valence-electron chi connectivity index (χ3n) is 14.0. The van der Waals surface area contributed by atoms with Gasteiger partial charge < -0.3 is 14.2 Å². The standard InChI is InChI=1S/C77H124O6/c1-4-7-10-13-16-19-22-24-26-28-30-32-34-35-36-37-38-39-40-41-43-44-46-48-50-52-55-58-61-64-67-70-76(79)82-73-74(72-81-75(78)69-66-63-60-57-54-21-18-15-12-9-6-3)83-77(80)71-68-65-62-59-56-53-51-49-47-45-42-33-31-29-27-25-23-20-17-14-11-8-5-2/h7-8,10-11,16-17,19-20,24-27,30-33,35-36,38-39,41,43,45,47,51,53,74H,4-6,9,12-15,18,21-23,28-29,34,37,40,42,44,46,48-50,52,54-73H2,1-3H3/b10-7-,11-8-,19-16-,20-17-,26-24-,27-25-,32-30-,33-31-,36-35-,39-38-,43-41-,47-45-,53-51-. The second-order valence-corrected chi connectivity index (χ2v) is 22.0. The third-order valence-corrected chi connectivity index (χ3v) is 14.0. The van der Waals surface area contributed by atoms with E-state index in [1.54, 1.807) is 0 Å². The zero-order chi connectivity index (χ0) is 59.9. The number of esters is 3. The zero-order valence-electron chi connectivity index (χ0n) is 53.7. The summed E-state index contributed by atoms with van der Waals surface area (Å²) in [6.07, 6.45) is 101. The van der Waals surface area contributed by atoms with Crippen molar-refractivity contribution < 1.29 is 28.6 Å². The lowest BCUT2D eigenvalue weighted by Crippen LogP contribution is -2.30. The molecule has 0 aliphatic carbocycles. The van der Waals surface area contributed by atoms with E-state index in [2.05, 4.69) is 179 Å². The van der Waals surface area contributed by atoms with Gasteiger partial charge in [0.1, 0.15) is 13.2 Å². The van der Waals surface area contributed by atoms with E-state index < -0.39 is 6.10 Å². The van der Waals surface area contributed by atoms with E-state index >= 15 is 0 Å². The van der Waals surface area contributed by atoms with E-state index in [1.807, 2.05) is 0 Å². The highest BCUT2D eigenvalue weighted by molar-refractivity contribution is 5.71. The van der Waals surface area contributed by atoms with Crippen molar-refractivity contribution in [3.8, 4) is 0 Å². The lowest BCUT2D eigenvalue weighted by Gasteiger charge is -2.18. The Bertz CT molecular complexity index is 1840. The third kappa shape index (κ3) is 67.7. The van der Waals surface area contributed by atoms with Crippen LogP contribution >= 0.6 is 0 Å². The van der Waals surface area contributed by atoms with Crippen LogP contribution in [0.5, 0.6) is 0 Å². The minimum absolute atomic E-state index is 0.0936. The fourth-order valence-electron chi connectivity index (χ4n) is 9.01. The summed E-state index contributed by atoms with van der Waals surface area (Å²) in [7, 11) is 0. The Kier molecular flexibility index (Phi) is 65.4. The molecule has 0 radical (unpaired) electrons. The summed E-state index contributed by atoms with van der Waals surface area (Å²) >= 11 is 0. The van der Waals surface area contributed by atoms with Gasteiger partial charge in [0.25, 0.3) is 0 Å². The van der Waals surface area contributed by atoms with Crippen molar-refractivity contribution in [2.75, 3.05) is 13.2 Å². The van der Waals surface area contributed by atoms with Crippen LogP contribution in [0.2, 0.25) is 0 Å². The molecule has 0 rings (SSSR count). The average molecular weight is 1150 g/mol. The maximum Gasteiger partial charge on any atom is 0.306 e. The summed E-state index contributed by atoms with van der Waals surface area (Å²) in [6, 6.07) is 0. The van der Waals surface area contributed by atoms with Crippen LogP contribution in [0.15, 0.2) is 158 Å². The van der Waals surface area contributed by atoms with Crippen molar-refractivity contribution in [1.82, 2.24) is 0 Å². The highest BCUT2D eigenvalue weighted by atomic mass is 16.6. The molecular weight excluding hydrogens is 1020 g/mol. The van der Waals surface area contributed by atoms with E-state index in [4.69, 9.17) is 14.2 Å². The van der Waals surface area contributed by atoms with E-state index in [9.17, 15) is 14.4 Å². The molecule has 0 spiro atoms. The molecule has 0 aromatic carbocycles. The number of hydrogen-bond donors (Lipinski definition) is 0. The predicted octanol–water partition coefficient (Wildman–Crippen LogP) is 23.7. The Morgan fingerprint density at radius 3 is 0.735 bits per heavy atom. The highest BCUT2D eigenvalue weighted by Gasteiger charge is 2.19. The van der Waals surface area contributed by atoms with Gasteiger partial charge in [-0.2, -0.15) is 0 Å². The van der Waals surface area contributed by atoms with Gasteiger partial charge in [0.05, 0.1) is 0 Å². The first-order valence-electron chi connectivity index (χ1n) is 34.0. The van der Waals surface area contributed by atoms with Gasteiger partial charge in [0.2, 0.25) is 0 Å². The Hall–Kier alpha value is -4.97. The van der Waals surface area contributed by atoms with E-state index in [0.717, 1.165) is 161 Å². The van der Waals surface area contributed by atoms with Crippen molar-refractivity contribution >= 4 is 17.9 Å². The van der Waals surface area contributed by atoms with Gasteiger partial charge in [-0.1, -0.05) is 301 Å². The maximum absolute atomic E-state index is 12.9. The molecule has 0 saturated carbocycles. The Morgan fingerprint density at radius 1 is 0.253 bits per heavy atom. The minimum Gasteiger partial charge on any atom is -0.462 e. The first-order valence-corrected chi connectivity index (χ1v) is 34.0. The fraction of sp³-hybridized carbons (Fsp3) is 0.623. The van der Waals surface area contributed by atoms with Crippen molar-refractivity contribution in [3.63, 3.8) is 0 Å². The van der Waals surface area contributed by atoms with Crippen LogP contribution in [0.1, 0.15) is 290 Å². The van der Waals surface area contributed by atoms with Crippen LogP contribution in [-0.2, 0) is 28.6 Å². The van der Waals surface area contributed by atoms with Gasteiger partial charge in [-0.15, -0.1) is 0 Å². The van der Waals surface area contributed by atoms with Gasteiger partial charge in [0, 0.05) is 19.3 Å². The first kappa shape index (κ1) is 78.0. The summed E-state index contributed by atoms with van der Waals surface area (Å²) < 4.78 is 16.9. The monoisotopic (exact) mass is 1140 g/mol. The number of ether oxygens (including phenoxy) is 3. The lowest BCUT2D eigenvalue weighted by atomic mass is 10.1. The Morgan fingerprint density at radius 2 is 0.470 bits per heavy atom. The number of hydrogen-bond acceptors (Lipinski definition) is 6. The molecule has 0 aliphatic rings. The molecule has 468 valence electrons. The largest absolute Gasteiger partial charge is 0.462 e. The highest BCUT2D eigenvalue weighted by Crippen LogP contribution is 2.15. The van der Waals surface area contributed by atoms with Crippen LogP contribution in [0.25, 0.3) is 0 Å². The number of rotatable bonds is 60. The topological polar surface area (TPSA) is 78.9 Å². The van der Waals surface area contributed by atoms with Crippen LogP contribution in [0, 0.1) is 0 Å². The molecule has 0 saturated heterocycles. The Labute approximate surface area is 511 Å². The van der Waals surface area contributed by atoms with E-state index in [-0.39, 0.29) is 31.1 Å². The van der Waals surface area contributed by atoms with Crippen LogP contribution in [0.4, 0.5) is 0 Å². The van der Waals surface area contributed by atoms with Crippen LogP contribution in [-0.4, -0.2) is 37.2 Å². The summed E-state index contributed by atoms with van der Waals surface area (Å²) in [4.78, 5) is 38.3. The molecule has 0 aromatic heterocycles. The van der Waals surface area contributed by atoms with Gasteiger partial charge in [-0.25, -0.2) is 0 Å². The van der Waals surface area contributed by atoms with Gasteiger partial charge in [0.15, 0.2) is 6.10 Å². The number of allylic oxidation sites excluding steroid dienone is 26. The molecule has 0 aliphatic heterocycles. The summed E-state index contributed by atoms with van der Waals surface area (Å²) in [5.41, 5.74) is 0. The molecular formula is C77H124O6. The van der Waals surface area contributed by atoms with Gasteiger partial charge in [-0.3, -0.25) is 14.4 Å². The average Bonchev–Trinajstić information content (AvgIpc) is 3.48.